The number of rotatable bonds is 6. The predicted molar refractivity (Wildman–Crippen MR) is 89.5 cm³/mol. The quantitative estimate of drug-likeness (QED) is 0.848. The number of hydrogen-bond donors (Lipinski definition) is 2. The molecule has 0 aromatic heterocycles. The van der Waals surface area contributed by atoms with Crippen molar-refractivity contribution in [3.05, 3.63) is 58.4 Å². The SMILES string of the molecule is COc1cc(Cl)c(C)cc1NCC(=O)NCc1ccccc1F. The van der Waals surface area contributed by atoms with Gasteiger partial charge in [-0.05, 0) is 24.6 Å². The first-order valence-corrected chi connectivity index (χ1v) is 7.47. The number of benzene rings is 2. The van der Waals surface area contributed by atoms with Crippen molar-refractivity contribution in [1.82, 2.24) is 5.32 Å². The lowest BCUT2D eigenvalue weighted by Gasteiger charge is -2.13. The van der Waals surface area contributed by atoms with Gasteiger partial charge in [-0.2, -0.15) is 0 Å². The van der Waals surface area contributed by atoms with Gasteiger partial charge in [0.25, 0.3) is 0 Å². The summed E-state index contributed by atoms with van der Waals surface area (Å²) in [5.74, 6) is -0.0267. The van der Waals surface area contributed by atoms with Crippen molar-refractivity contribution in [2.75, 3.05) is 19.0 Å². The molecular weight excluding hydrogens is 319 g/mol. The summed E-state index contributed by atoms with van der Waals surface area (Å²) in [7, 11) is 1.53. The summed E-state index contributed by atoms with van der Waals surface area (Å²) in [4.78, 5) is 11.9. The molecule has 2 aromatic rings. The molecule has 0 aliphatic rings. The molecule has 0 unspecified atom stereocenters. The third-order valence-electron chi connectivity index (χ3n) is 3.35. The van der Waals surface area contributed by atoms with Gasteiger partial charge >= 0.3 is 0 Å². The highest BCUT2D eigenvalue weighted by atomic mass is 35.5. The molecule has 0 aliphatic carbocycles. The zero-order valence-electron chi connectivity index (χ0n) is 13.0. The number of ether oxygens (including phenoxy) is 1. The number of nitrogens with one attached hydrogen (secondary N) is 2. The van der Waals surface area contributed by atoms with E-state index < -0.39 is 0 Å². The minimum absolute atomic E-state index is 0.0475. The highest BCUT2D eigenvalue weighted by Gasteiger charge is 2.09. The van der Waals surface area contributed by atoms with Crippen molar-refractivity contribution in [3.63, 3.8) is 0 Å². The predicted octanol–water partition coefficient (Wildman–Crippen LogP) is 3.52. The third kappa shape index (κ3) is 4.60. The molecule has 0 aliphatic heterocycles. The maximum atomic E-state index is 13.5. The molecule has 23 heavy (non-hydrogen) atoms. The summed E-state index contributed by atoms with van der Waals surface area (Å²) < 4.78 is 18.7. The first-order chi connectivity index (χ1) is 11.0. The normalized spacial score (nSPS) is 10.3. The van der Waals surface area contributed by atoms with Gasteiger partial charge < -0.3 is 15.4 Å². The summed E-state index contributed by atoms with van der Waals surface area (Å²) in [5, 5.41) is 6.25. The zero-order valence-corrected chi connectivity index (χ0v) is 13.7. The largest absolute Gasteiger partial charge is 0.495 e. The van der Waals surface area contributed by atoms with Gasteiger partial charge in [0.1, 0.15) is 11.6 Å². The van der Waals surface area contributed by atoms with E-state index >= 15 is 0 Å². The summed E-state index contributed by atoms with van der Waals surface area (Å²) in [6, 6.07) is 9.83. The van der Waals surface area contributed by atoms with Crippen molar-refractivity contribution in [2.45, 2.75) is 13.5 Å². The maximum absolute atomic E-state index is 13.5. The fraction of sp³-hybridized carbons (Fsp3) is 0.235. The van der Waals surface area contributed by atoms with Crippen LogP contribution in [-0.2, 0) is 11.3 Å². The summed E-state index contributed by atoms with van der Waals surface area (Å²) in [5.41, 5.74) is 2.00. The van der Waals surface area contributed by atoms with Crippen LogP contribution in [-0.4, -0.2) is 19.6 Å². The van der Waals surface area contributed by atoms with Gasteiger partial charge in [-0.1, -0.05) is 29.8 Å². The van der Waals surface area contributed by atoms with Crippen LogP contribution in [0.2, 0.25) is 5.02 Å². The Morgan fingerprint density at radius 1 is 1.30 bits per heavy atom. The Balaban J connectivity index is 1.92. The van der Waals surface area contributed by atoms with Crippen LogP contribution >= 0.6 is 11.6 Å². The van der Waals surface area contributed by atoms with Gasteiger partial charge in [0.05, 0.1) is 19.3 Å². The molecule has 0 spiro atoms. The molecule has 0 radical (unpaired) electrons. The van der Waals surface area contributed by atoms with E-state index in [4.69, 9.17) is 16.3 Å². The molecule has 0 saturated carbocycles. The number of carbonyl (C=O) groups excluding carboxylic acids is 1. The number of carbonyl (C=O) groups is 1. The second-order valence-electron chi connectivity index (χ2n) is 5.02. The van der Waals surface area contributed by atoms with Gasteiger partial charge in [0, 0.05) is 23.2 Å². The first-order valence-electron chi connectivity index (χ1n) is 7.09. The highest BCUT2D eigenvalue weighted by Crippen LogP contribution is 2.30. The van der Waals surface area contributed by atoms with Crippen molar-refractivity contribution < 1.29 is 13.9 Å². The number of hydrogen-bond acceptors (Lipinski definition) is 3. The summed E-state index contributed by atoms with van der Waals surface area (Å²) >= 11 is 6.04. The van der Waals surface area contributed by atoms with Crippen LogP contribution in [0.3, 0.4) is 0 Å². The highest BCUT2D eigenvalue weighted by molar-refractivity contribution is 6.31. The van der Waals surface area contributed by atoms with Gasteiger partial charge in [0.2, 0.25) is 5.91 Å². The fourth-order valence-electron chi connectivity index (χ4n) is 2.04. The summed E-state index contributed by atoms with van der Waals surface area (Å²) in [6.07, 6.45) is 0. The lowest BCUT2D eigenvalue weighted by molar-refractivity contribution is -0.119. The second-order valence-corrected chi connectivity index (χ2v) is 5.43. The average Bonchev–Trinajstić information content (AvgIpc) is 2.54. The Bertz CT molecular complexity index is 707. The molecule has 122 valence electrons. The topological polar surface area (TPSA) is 50.4 Å². The smallest absolute Gasteiger partial charge is 0.239 e. The Labute approximate surface area is 139 Å². The number of methoxy groups -OCH3 is 1. The van der Waals surface area contributed by atoms with E-state index in [1.54, 1.807) is 24.3 Å². The second kappa shape index (κ2) is 7.83. The minimum atomic E-state index is -0.337. The van der Waals surface area contributed by atoms with E-state index in [1.165, 1.54) is 13.2 Å². The zero-order chi connectivity index (χ0) is 16.8. The molecule has 2 rings (SSSR count). The van der Waals surface area contributed by atoms with E-state index in [9.17, 15) is 9.18 Å². The lowest BCUT2D eigenvalue weighted by Crippen LogP contribution is -2.29. The number of aryl methyl sites for hydroxylation is 1. The fourth-order valence-corrected chi connectivity index (χ4v) is 2.20. The molecular formula is C17H18ClFN2O2. The van der Waals surface area contributed by atoms with Crippen LogP contribution in [0.25, 0.3) is 0 Å². The molecule has 0 heterocycles. The van der Waals surface area contributed by atoms with Crippen LogP contribution in [0, 0.1) is 12.7 Å². The van der Waals surface area contributed by atoms with Crippen LogP contribution in [0.15, 0.2) is 36.4 Å². The number of halogens is 2. The van der Waals surface area contributed by atoms with Crippen molar-refractivity contribution in [2.24, 2.45) is 0 Å². The Morgan fingerprint density at radius 2 is 2.04 bits per heavy atom. The molecule has 0 atom stereocenters. The average molecular weight is 337 g/mol. The van der Waals surface area contributed by atoms with E-state index in [0.717, 1.165) is 5.56 Å². The van der Waals surface area contributed by atoms with Gasteiger partial charge in [-0.25, -0.2) is 4.39 Å². The maximum Gasteiger partial charge on any atom is 0.239 e. The van der Waals surface area contributed by atoms with Crippen LogP contribution < -0.4 is 15.4 Å². The van der Waals surface area contributed by atoms with Gasteiger partial charge in [-0.3, -0.25) is 4.79 Å². The van der Waals surface area contributed by atoms with Crippen molar-refractivity contribution >= 4 is 23.2 Å². The van der Waals surface area contributed by atoms with Crippen molar-refractivity contribution in [1.29, 1.82) is 0 Å². The molecule has 0 saturated heterocycles. The summed E-state index contributed by atoms with van der Waals surface area (Å²) in [6.45, 7) is 2.06. The number of anilines is 1. The van der Waals surface area contributed by atoms with Crippen LogP contribution in [0.1, 0.15) is 11.1 Å². The molecule has 2 aromatic carbocycles. The lowest BCUT2D eigenvalue weighted by atomic mass is 10.2. The van der Waals surface area contributed by atoms with Gasteiger partial charge in [0.15, 0.2) is 0 Å². The standard InChI is InChI=1S/C17H18ClFN2O2/c1-11-7-15(16(23-2)8-13(11)18)20-10-17(22)21-9-12-5-3-4-6-14(12)19/h3-8,20H,9-10H2,1-2H3,(H,21,22). The van der Waals surface area contributed by atoms with Gasteiger partial charge in [-0.15, -0.1) is 0 Å². The Morgan fingerprint density at radius 3 is 2.74 bits per heavy atom. The molecule has 2 N–H and O–H groups in total. The molecule has 1 amide bonds. The minimum Gasteiger partial charge on any atom is -0.495 e. The Hall–Kier alpha value is -2.27. The monoisotopic (exact) mass is 336 g/mol. The van der Waals surface area contributed by atoms with E-state index in [0.29, 0.717) is 22.0 Å². The molecule has 0 bridgehead atoms. The van der Waals surface area contributed by atoms with E-state index in [1.807, 2.05) is 13.0 Å². The third-order valence-corrected chi connectivity index (χ3v) is 3.76. The Kier molecular flexibility index (Phi) is 5.82. The van der Waals surface area contributed by atoms with Crippen LogP contribution in [0.5, 0.6) is 5.75 Å². The molecule has 0 fully saturated rings. The van der Waals surface area contributed by atoms with Crippen molar-refractivity contribution in [3.8, 4) is 5.75 Å². The van der Waals surface area contributed by atoms with E-state index in [-0.39, 0.29) is 24.8 Å². The number of amides is 1. The first kappa shape index (κ1) is 17.1. The van der Waals surface area contributed by atoms with E-state index in [2.05, 4.69) is 10.6 Å². The van der Waals surface area contributed by atoms with Crippen LogP contribution in [0.4, 0.5) is 10.1 Å². The molecule has 6 heteroatoms. The molecule has 4 nitrogen and oxygen atoms in total.